The van der Waals surface area contributed by atoms with Gasteiger partial charge in [-0.3, -0.25) is 9.52 Å². The summed E-state index contributed by atoms with van der Waals surface area (Å²) < 4.78 is 28.4. The number of anilines is 2. The van der Waals surface area contributed by atoms with E-state index in [0.29, 0.717) is 23.4 Å². The Balaban J connectivity index is 1.56. The number of allylic oxidation sites excluding steroid dienone is 1. The smallest absolute Gasteiger partial charge is 0.255 e. The molecule has 0 bridgehead atoms. The molecule has 2 aromatic carbocycles. The number of thioether (sulfide) groups is 1. The second-order valence-corrected chi connectivity index (χ2v) is 12.7. The molecule has 0 aromatic heterocycles. The molecule has 0 radical (unpaired) electrons. The average molecular weight is 555 g/mol. The maximum absolute atomic E-state index is 13.6. The largest absolute Gasteiger partial charge is 0.340 e. The summed E-state index contributed by atoms with van der Waals surface area (Å²) in [6.07, 6.45) is 7.14. The minimum atomic E-state index is -3.46. The Kier molecular flexibility index (Phi) is 9.91. The number of sulfonamides is 1. The van der Waals surface area contributed by atoms with Gasteiger partial charge in [-0.1, -0.05) is 81.1 Å². The van der Waals surface area contributed by atoms with E-state index in [1.54, 1.807) is 17.8 Å². The summed E-state index contributed by atoms with van der Waals surface area (Å²) >= 11 is 1.70. The topological polar surface area (TPSA) is 90.9 Å². The van der Waals surface area contributed by atoms with Crippen LogP contribution in [-0.4, -0.2) is 42.4 Å². The number of amidine groups is 1. The van der Waals surface area contributed by atoms with Gasteiger partial charge in [0.25, 0.3) is 5.91 Å². The lowest BCUT2D eigenvalue weighted by Gasteiger charge is -2.41. The molecule has 0 spiro atoms. The molecule has 9 heteroatoms. The van der Waals surface area contributed by atoms with Gasteiger partial charge < -0.3 is 10.2 Å². The van der Waals surface area contributed by atoms with E-state index in [1.165, 1.54) is 12.8 Å². The maximum Gasteiger partial charge on any atom is 0.255 e. The third-order valence-corrected chi connectivity index (χ3v) is 9.23. The number of fused-ring (bicyclic) bond motifs is 1. The Morgan fingerprint density at radius 1 is 1.03 bits per heavy atom. The summed E-state index contributed by atoms with van der Waals surface area (Å²) in [4.78, 5) is 20.5. The number of nitrogens with zero attached hydrogens (tertiary/aromatic N) is 2. The van der Waals surface area contributed by atoms with Crippen LogP contribution in [0.5, 0.6) is 0 Å². The van der Waals surface area contributed by atoms with Crippen LogP contribution in [0.15, 0.2) is 70.9 Å². The highest BCUT2D eigenvalue weighted by Gasteiger charge is 2.37. The third-order valence-electron chi connectivity index (χ3n) is 6.78. The van der Waals surface area contributed by atoms with Gasteiger partial charge in [0.2, 0.25) is 10.0 Å². The molecule has 1 amide bonds. The van der Waals surface area contributed by atoms with Crippen LogP contribution in [0.4, 0.5) is 11.4 Å². The van der Waals surface area contributed by atoms with Gasteiger partial charge in [-0.05, 0) is 49.6 Å². The molecule has 1 saturated heterocycles. The summed E-state index contributed by atoms with van der Waals surface area (Å²) in [7, 11) is -3.46. The lowest BCUT2D eigenvalue weighted by molar-refractivity contribution is -0.113. The normalized spacial score (nSPS) is 17.6. The molecule has 2 N–H and O–H groups in total. The van der Waals surface area contributed by atoms with Crippen LogP contribution < -0.4 is 10.0 Å². The van der Waals surface area contributed by atoms with Crippen molar-refractivity contribution in [2.24, 2.45) is 4.99 Å². The molecule has 204 valence electrons. The Labute approximate surface area is 231 Å². The molecule has 1 unspecified atom stereocenters. The van der Waals surface area contributed by atoms with E-state index >= 15 is 0 Å². The highest BCUT2D eigenvalue weighted by Crippen LogP contribution is 2.40. The van der Waals surface area contributed by atoms with Crippen LogP contribution >= 0.6 is 11.8 Å². The molecule has 0 aliphatic carbocycles. The SMILES string of the molecule is CCCCCCCCS(=O)(=O)Nc1cccc(C2C(C(=O)Nc3ccccc3)=C(C)N=C3SCCCN32)c1. The van der Waals surface area contributed by atoms with Crippen molar-refractivity contribution in [1.82, 2.24) is 4.90 Å². The van der Waals surface area contributed by atoms with Crippen LogP contribution in [0.1, 0.15) is 70.4 Å². The van der Waals surface area contributed by atoms with Gasteiger partial charge in [0.05, 0.1) is 23.1 Å². The summed E-state index contributed by atoms with van der Waals surface area (Å²) in [5.41, 5.74) is 3.35. The van der Waals surface area contributed by atoms with E-state index < -0.39 is 10.0 Å². The van der Waals surface area contributed by atoms with Crippen LogP contribution in [0.25, 0.3) is 0 Å². The number of hydrogen-bond acceptors (Lipinski definition) is 6. The zero-order valence-corrected chi connectivity index (χ0v) is 23.9. The first-order valence-corrected chi connectivity index (χ1v) is 16.2. The molecule has 7 nitrogen and oxygen atoms in total. The number of nitrogens with one attached hydrogen (secondary N) is 2. The minimum absolute atomic E-state index is 0.107. The fourth-order valence-corrected chi connectivity index (χ4v) is 7.09. The van der Waals surface area contributed by atoms with E-state index in [2.05, 4.69) is 21.9 Å². The summed E-state index contributed by atoms with van der Waals surface area (Å²) in [5.74, 6) is 0.890. The first-order valence-electron chi connectivity index (χ1n) is 13.5. The molecule has 2 aliphatic rings. The number of para-hydroxylation sites is 1. The van der Waals surface area contributed by atoms with Gasteiger partial charge in [-0.2, -0.15) is 0 Å². The van der Waals surface area contributed by atoms with Crippen molar-refractivity contribution in [2.45, 2.75) is 64.8 Å². The molecular formula is C29H38N4O3S2. The molecule has 1 fully saturated rings. The lowest BCUT2D eigenvalue weighted by atomic mass is 9.93. The van der Waals surface area contributed by atoms with Crippen molar-refractivity contribution < 1.29 is 13.2 Å². The number of benzene rings is 2. The third kappa shape index (κ3) is 7.41. The molecule has 1 atom stereocenters. The average Bonchev–Trinajstić information content (AvgIpc) is 2.90. The Morgan fingerprint density at radius 3 is 2.55 bits per heavy atom. The molecule has 2 heterocycles. The Bertz CT molecular complexity index is 1280. The van der Waals surface area contributed by atoms with Gasteiger partial charge >= 0.3 is 0 Å². The number of carbonyl (C=O) groups excluding carboxylic acids is 1. The first kappa shape index (κ1) is 28.2. The van der Waals surface area contributed by atoms with Crippen LogP contribution in [0.3, 0.4) is 0 Å². The van der Waals surface area contributed by atoms with Gasteiger partial charge in [0.15, 0.2) is 5.17 Å². The Hall–Kier alpha value is -2.78. The number of amides is 1. The fourth-order valence-electron chi connectivity index (χ4n) is 4.90. The van der Waals surface area contributed by atoms with E-state index in [4.69, 9.17) is 4.99 Å². The van der Waals surface area contributed by atoms with E-state index in [1.807, 2.05) is 55.5 Å². The predicted octanol–water partition coefficient (Wildman–Crippen LogP) is 6.55. The van der Waals surface area contributed by atoms with Crippen molar-refractivity contribution in [3.8, 4) is 0 Å². The number of unbranched alkanes of at least 4 members (excludes halogenated alkanes) is 5. The summed E-state index contributed by atoms with van der Waals surface area (Å²) in [6.45, 7) is 4.82. The van der Waals surface area contributed by atoms with Crippen molar-refractivity contribution in [3.05, 3.63) is 71.4 Å². The standard InChI is InChI=1S/C29H38N4O3S2/c1-3-4-5-6-7-11-20-38(35,36)32-25-17-12-14-23(21-25)27-26(28(34)31-24-15-9-8-10-16-24)22(2)30-29-33(27)18-13-19-37-29/h8-10,12,14-17,21,27,32H,3-7,11,13,18-20H2,1-2H3,(H,31,34). The van der Waals surface area contributed by atoms with Gasteiger partial charge in [0.1, 0.15) is 0 Å². The molecule has 4 rings (SSSR count). The Morgan fingerprint density at radius 2 is 1.76 bits per heavy atom. The van der Waals surface area contributed by atoms with E-state index in [0.717, 1.165) is 54.4 Å². The molecule has 2 aromatic rings. The second kappa shape index (κ2) is 13.3. The van der Waals surface area contributed by atoms with E-state index in [-0.39, 0.29) is 17.7 Å². The molecule has 38 heavy (non-hydrogen) atoms. The monoisotopic (exact) mass is 554 g/mol. The summed E-state index contributed by atoms with van der Waals surface area (Å²) in [5, 5.41) is 3.93. The van der Waals surface area contributed by atoms with Crippen LogP contribution in [0.2, 0.25) is 0 Å². The van der Waals surface area contributed by atoms with Crippen molar-refractivity contribution >= 4 is 44.2 Å². The zero-order chi connectivity index (χ0) is 27.0. The number of aliphatic imine (C=N–C) groups is 1. The number of rotatable bonds is 12. The first-order chi connectivity index (χ1) is 18.4. The number of carbonyl (C=O) groups is 1. The zero-order valence-electron chi connectivity index (χ0n) is 22.3. The fraction of sp³-hybridized carbons (Fsp3) is 0.448. The quantitative estimate of drug-likeness (QED) is 0.290. The van der Waals surface area contributed by atoms with Crippen molar-refractivity contribution in [1.29, 1.82) is 0 Å². The molecule has 0 saturated carbocycles. The predicted molar refractivity (Wildman–Crippen MR) is 159 cm³/mol. The maximum atomic E-state index is 13.6. The van der Waals surface area contributed by atoms with Crippen LogP contribution in [-0.2, 0) is 14.8 Å². The second-order valence-electron chi connectivity index (χ2n) is 9.83. The van der Waals surface area contributed by atoms with Gasteiger partial charge in [0, 0.05) is 23.7 Å². The molecule has 2 aliphatic heterocycles. The highest BCUT2D eigenvalue weighted by molar-refractivity contribution is 8.13. The minimum Gasteiger partial charge on any atom is -0.340 e. The number of hydrogen-bond donors (Lipinski definition) is 2. The molecular weight excluding hydrogens is 516 g/mol. The van der Waals surface area contributed by atoms with Gasteiger partial charge in [-0.25, -0.2) is 13.4 Å². The lowest BCUT2D eigenvalue weighted by Crippen LogP contribution is -2.43. The van der Waals surface area contributed by atoms with Crippen LogP contribution in [0, 0.1) is 0 Å². The van der Waals surface area contributed by atoms with Crippen molar-refractivity contribution in [3.63, 3.8) is 0 Å². The summed E-state index contributed by atoms with van der Waals surface area (Å²) in [6, 6.07) is 16.5. The van der Waals surface area contributed by atoms with Crippen molar-refractivity contribution in [2.75, 3.05) is 28.1 Å². The van der Waals surface area contributed by atoms with Gasteiger partial charge in [-0.15, -0.1) is 0 Å². The van der Waals surface area contributed by atoms with E-state index in [9.17, 15) is 13.2 Å². The highest BCUT2D eigenvalue weighted by atomic mass is 32.2.